The molecule has 0 bridgehead atoms. The van der Waals surface area contributed by atoms with Gasteiger partial charge in [-0.05, 0) is 50.9 Å². The molecule has 2 rings (SSSR count). The summed E-state index contributed by atoms with van der Waals surface area (Å²) in [5, 5.41) is 6.85. The first-order valence-electron chi connectivity index (χ1n) is 10.1. The van der Waals surface area contributed by atoms with Crippen molar-refractivity contribution in [1.29, 1.82) is 0 Å². The van der Waals surface area contributed by atoms with Crippen LogP contribution in [0.2, 0.25) is 0 Å². The molecule has 0 saturated carbocycles. The third-order valence-electron chi connectivity index (χ3n) is 4.83. The fraction of sp³-hybridized carbons (Fsp3) is 0.750. The van der Waals surface area contributed by atoms with Crippen molar-refractivity contribution in [3.63, 3.8) is 0 Å². The molecule has 0 aromatic carbocycles. The summed E-state index contributed by atoms with van der Waals surface area (Å²) < 4.78 is 16.1. The summed E-state index contributed by atoms with van der Waals surface area (Å²) in [5.74, 6) is 1.86. The molecule has 0 amide bonds. The zero-order chi connectivity index (χ0) is 19.2. The van der Waals surface area contributed by atoms with Gasteiger partial charge in [0.05, 0.1) is 25.5 Å². The zero-order valence-electron chi connectivity index (χ0n) is 17.3. The van der Waals surface area contributed by atoms with Gasteiger partial charge in [0.15, 0.2) is 5.96 Å². The van der Waals surface area contributed by atoms with Gasteiger partial charge in [0.25, 0.3) is 0 Å². The van der Waals surface area contributed by atoms with E-state index < -0.39 is 0 Å². The monoisotopic (exact) mass is 508 g/mol. The molecule has 1 unspecified atom stereocenters. The molecule has 1 aromatic rings. The predicted molar refractivity (Wildman–Crippen MR) is 124 cm³/mol. The fourth-order valence-corrected chi connectivity index (χ4v) is 3.31. The quantitative estimate of drug-likeness (QED) is 0.196. The number of nitrogens with zero attached hydrogens (tertiary/aromatic N) is 2. The molecule has 1 aromatic heterocycles. The Balaban J connectivity index is 0.00000392. The average Bonchev–Trinajstić information content (AvgIpc) is 3.24. The number of hydrogen-bond acceptors (Lipinski definition) is 5. The van der Waals surface area contributed by atoms with E-state index in [1.54, 1.807) is 13.4 Å². The molecule has 8 heteroatoms. The summed E-state index contributed by atoms with van der Waals surface area (Å²) >= 11 is 0. The van der Waals surface area contributed by atoms with Crippen LogP contribution in [0.1, 0.15) is 43.9 Å². The van der Waals surface area contributed by atoms with Crippen molar-refractivity contribution in [2.45, 2.75) is 38.1 Å². The first-order chi connectivity index (χ1) is 13.3. The maximum atomic E-state index is 5.70. The number of nitrogens with one attached hydrogen (secondary N) is 2. The van der Waals surface area contributed by atoms with Crippen molar-refractivity contribution in [3.8, 4) is 0 Å². The van der Waals surface area contributed by atoms with E-state index in [-0.39, 0.29) is 30.0 Å². The highest BCUT2D eigenvalue weighted by atomic mass is 127. The van der Waals surface area contributed by atoms with Gasteiger partial charge in [-0.1, -0.05) is 6.42 Å². The van der Waals surface area contributed by atoms with Gasteiger partial charge in [0.2, 0.25) is 0 Å². The molecule has 1 atom stereocenters. The van der Waals surface area contributed by atoms with Gasteiger partial charge in [-0.15, -0.1) is 24.0 Å². The lowest BCUT2D eigenvalue weighted by Gasteiger charge is -2.33. The van der Waals surface area contributed by atoms with E-state index in [9.17, 15) is 0 Å². The lowest BCUT2D eigenvalue weighted by molar-refractivity contribution is 0.0689. The topological polar surface area (TPSA) is 71.3 Å². The lowest BCUT2D eigenvalue weighted by Crippen LogP contribution is -2.44. The number of ether oxygens (including phenoxy) is 2. The van der Waals surface area contributed by atoms with Crippen LogP contribution in [-0.4, -0.2) is 71.0 Å². The first-order valence-corrected chi connectivity index (χ1v) is 10.1. The second-order valence-corrected chi connectivity index (χ2v) is 6.82. The molecular weight excluding hydrogens is 471 g/mol. The maximum Gasteiger partial charge on any atom is 0.191 e. The van der Waals surface area contributed by atoms with Crippen molar-refractivity contribution in [3.05, 3.63) is 24.2 Å². The van der Waals surface area contributed by atoms with Crippen LogP contribution in [0.4, 0.5) is 0 Å². The molecule has 162 valence electrons. The van der Waals surface area contributed by atoms with E-state index in [1.165, 1.54) is 19.3 Å². The molecule has 2 heterocycles. The van der Waals surface area contributed by atoms with Gasteiger partial charge >= 0.3 is 0 Å². The van der Waals surface area contributed by atoms with Crippen molar-refractivity contribution in [2.24, 2.45) is 4.99 Å². The largest absolute Gasteiger partial charge is 0.468 e. The highest BCUT2D eigenvalue weighted by Crippen LogP contribution is 2.24. The second-order valence-electron chi connectivity index (χ2n) is 6.82. The second kappa shape index (κ2) is 16.0. The standard InChI is InChI=1S/C20H36N4O3.HI/c1-21-20(22-10-4-7-13-26-16-15-25-2)23-17-18(19-9-8-14-27-19)24-11-5-3-6-12-24;/h8-9,14,18H,3-7,10-13,15-17H2,1-2H3,(H2,21,22,23);1H. The molecule has 0 aliphatic carbocycles. The van der Waals surface area contributed by atoms with Crippen LogP contribution >= 0.6 is 24.0 Å². The third-order valence-corrected chi connectivity index (χ3v) is 4.83. The van der Waals surface area contributed by atoms with Crippen LogP contribution in [0.3, 0.4) is 0 Å². The van der Waals surface area contributed by atoms with Crippen molar-refractivity contribution in [1.82, 2.24) is 15.5 Å². The van der Waals surface area contributed by atoms with Crippen LogP contribution in [-0.2, 0) is 9.47 Å². The Hall–Kier alpha value is -0.840. The van der Waals surface area contributed by atoms with Crippen molar-refractivity contribution >= 4 is 29.9 Å². The smallest absolute Gasteiger partial charge is 0.191 e. The average molecular weight is 508 g/mol. The van der Waals surface area contributed by atoms with E-state index in [4.69, 9.17) is 13.9 Å². The van der Waals surface area contributed by atoms with Crippen LogP contribution < -0.4 is 10.6 Å². The Kier molecular flexibility index (Phi) is 14.4. The Morgan fingerprint density at radius 2 is 2.00 bits per heavy atom. The molecule has 0 spiro atoms. The number of piperidine rings is 1. The van der Waals surface area contributed by atoms with E-state index in [2.05, 4.69) is 26.6 Å². The Morgan fingerprint density at radius 1 is 1.18 bits per heavy atom. The number of likely N-dealkylation sites (tertiary alicyclic amines) is 1. The number of methoxy groups -OCH3 is 1. The minimum Gasteiger partial charge on any atom is -0.468 e. The van der Waals surface area contributed by atoms with Crippen LogP contribution in [0.15, 0.2) is 27.8 Å². The van der Waals surface area contributed by atoms with Crippen molar-refractivity contribution in [2.75, 3.05) is 60.2 Å². The molecule has 28 heavy (non-hydrogen) atoms. The SMILES string of the molecule is CN=C(NCCCCOCCOC)NCC(c1ccco1)N1CCCCC1.I. The maximum absolute atomic E-state index is 5.70. The van der Waals surface area contributed by atoms with Gasteiger partial charge in [0, 0.05) is 33.9 Å². The van der Waals surface area contributed by atoms with E-state index >= 15 is 0 Å². The minimum absolute atomic E-state index is 0. The summed E-state index contributed by atoms with van der Waals surface area (Å²) in [5.41, 5.74) is 0. The molecule has 2 N–H and O–H groups in total. The summed E-state index contributed by atoms with van der Waals surface area (Å²) in [7, 11) is 3.50. The molecular formula is C20H37IN4O3. The van der Waals surface area contributed by atoms with Crippen molar-refractivity contribution < 1.29 is 13.9 Å². The lowest BCUT2D eigenvalue weighted by atomic mass is 10.1. The minimum atomic E-state index is 0. The number of unbranched alkanes of at least 4 members (excludes halogenated alkanes) is 1. The highest BCUT2D eigenvalue weighted by molar-refractivity contribution is 14.0. The highest BCUT2D eigenvalue weighted by Gasteiger charge is 2.24. The number of guanidine groups is 1. The van der Waals surface area contributed by atoms with Crippen LogP contribution in [0.5, 0.6) is 0 Å². The molecule has 7 nitrogen and oxygen atoms in total. The van der Waals surface area contributed by atoms with E-state index in [1.807, 2.05) is 13.1 Å². The molecule has 0 radical (unpaired) electrons. The summed E-state index contributed by atoms with van der Waals surface area (Å²) in [6, 6.07) is 4.28. The normalized spacial score (nSPS) is 16.4. The summed E-state index contributed by atoms with van der Waals surface area (Å²) in [4.78, 5) is 6.86. The number of rotatable bonds is 12. The van der Waals surface area contributed by atoms with Gasteiger partial charge < -0.3 is 24.5 Å². The Bertz CT molecular complexity index is 508. The van der Waals surface area contributed by atoms with E-state index in [0.29, 0.717) is 13.2 Å². The third kappa shape index (κ3) is 9.58. The number of halogens is 1. The van der Waals surface area contributed by atoms with Gasteiger partial charge in [-0.2, -0.15) is 0 Å². The van der Waals surface area contributed by atoms with Crippen LogP contribution in [0.25, 0.3) is 0 Å². The fourth-order valence-electron chi connectivity index (χ4n) is 3.31. The number of hydrogen-bond donors (Lipinski definition) is 2. The van der Waals surface area contributed by atoms with Gasteiger partial charge in [0.1, 0.15) is 5.76 Å². The van der Waals surface area contributed by atoms with Gasteiger partial charge in [-0.3, -0.25) is 9.89 Å². The number of furan rings is 1. The Labute approximate surface area is 186 Å². The molecule has 1 fully saturated rings. The molecule has 1 aliphatic heterocycles. The summed E-state index contributed by atoms with van der Waals surface area (Å²) in [6.45, 7) is 6.01. The predicted octanol–water partition coefficient (Wildman–Crippen LogP) is 3.03. The molecule has 1 aliphatic rings. The summed E-state index contributed by atoms with van der Waals surface area (Å²) in [6.07, 6.45) is 7.67. The Morgan fingerprint density at radius 3 is 2.68 bits per heavy atom. The van der Waals surface area contributed by atoms with Gasteiger partial charge in [-0.25, -0.2) is 0 Å². The zero-order valence-corrected chi connectivity index (χ0v) is 19.7. The van der Waals surface area contributed by atoms with Crippen LogP contribution in [0, 0.1) is 0 Å². The van der Waals surface area contributed by atoms with E-state index in [0.717, 1.165) is 57.3 Å². The first kappa shape index (κ1) is 25.2. The molecule has 1 saturated heterocycles. The number of aliphatic imine (C=N–C) groups is 1.